The SMILES string of the molecule is CC/C(C)=C\CN(C)c1nc(-c2ccc(OC(F)(F)F)cc2OC)c(Br)nc1Br. The van der Waals surface area contributed by atoms with E-state index >= 15 is 0 Å². The number of methoxy groups -OCH3 is 1. The number of hydrogen-bond donors (Lipinski definition) is 0. The Hall–Kier alpha value is -1.81. The van der Waals surface area contributed by atoms with E-state index < -0.39 is 6.36 Å². The highest BCUT2D eigenvalue weighted by Crippen LogP contribution is 2.38. The van der Waals surface area contributed by atoms with Crippen LogP contribution in [0.25, 0.3) is 11.3 Å². The predicted molar refractivity (Wildman–Crippen MR) is 113 cm³/mol. The molecule has 5 nitrogen and oxygen atoms in total. The summed E-state index contributed by atoms with van der Waals surface area (Å²) in [5.41, 5.74) is 2.16. The maximum atomic E-state index is 12.5. The van der Waals surface area contributed by atoms with Crippen LogP contribution in [0.1, 0.15) is 20.3 Å². The summed E-state index contributed by atoms with van der Waals surface area (Å²) in [5.74, 6) is 0.386. The van der Waals surface area contributed by atoms with E-state index in [-0.39, 0.29) is 11.5 Å². The molecule has 0 fully saturated rings. The first-order chi connectivity index (χ1) is 13.6. The Morgan fingerprint density at radius 3 is 2.48 bits per heavy atom. The number of anilines is 1. The molecule has 0 saturated carbocycles. The first-order valence-corrected chi connectivity index (χ1v) is 10.2. The van der Waals surface area contributed by atoms with Crippen molar-refractivity contribution in [3.05, 3.63) is 39.1 Å². The molecule has 0 saturated heterocycles. The van der Waals surface area contributed by atoms with Crippen LogP contribution < -0.4 is 14.4 Å². The maximum absolute atomic E-state index is 12.5. The Kier molecular flexibility index (Phi) is 7.93. The van der Waals surface area contributed by atoms with E-state index in [1.165, 1.54) is 24.8 Å². The molecule has 1 heterocycles. The number of likely N-dealkylation sites (N-methyl/N-ethyl adjacent to an activating group) is 1. The highest BCUT2D eigenvalue weighted by atomic mass is 79.9. The summed E-state index contributed by atoms with van der Waals surface area (Å²) in [4.78, 5) is 11.0. The van der Waals surface area contributed by atoms with Gasteiger partial charge in [-0.15, -0.1) is 13.2 Å². The van der Waals surface area contributed by atoms with Crippen LogP contribution in [-0.4, -0.2) is 37.0 Å². The van der Waals surface area contributed by atoms with Gasteiger partial charge in [0.25, 0.3) is 0 Å². The van der Waals surface area contributed by atoms with Gasteiger partial charge in [-0.25, -0.2) is 9.97 Å². The molecule has 0 aliphatic heterocycles. The number of ether oxygens (including phenoxy) is 2. The third kappa shape index (κ3) is 6.33. The van der Waals surface area contributed by atoms with E-state index in [0.29, 0.717) is 32.8 Å². The lowest BCUT2D eigenvalue weighted by Gasteiger charge is -2.20. The lowest BCUT2D eigenvalue weighted by Crippen LogP contribution is -2.20. The number of alkyl halides is 3. The molecule has 1 aromatic carbocycles. The minimum Gasteiger partial charge on any atom is -0.496 e. The Morgan fingerprint density at radius 1 is 1.21 bits per heavy atom. The molecule has 0 aliphatic carbocycles. The van der Waals surface area contributed by atoms with Crippen molar-refractivity contribution in [2.24, 2.45) is 0 Å². The monoisotopic (exact) mass is 537 g/mol. The van der Waals surface area contributed by atoms with Gasteiger partial charge in [0.1, 0.15) is 26.4 Å². The lowest BCUT2D eigenvalue weighted by atomic mass is 10.1. The van der Waals surface area contributed by atoms with E-state index in [1.54, 1.807) is 0 Å². The number of benzene rings is 1. The van der Waals surface area contributed by atoms with Gasteiger partial charge >= 0.3 is 6.36 Å². The molecular formula is C19H20Br2F3N3O2. The van der Waals surface area contributed by atoms with E-state index in [4.69, 9.17) is 4.74 Å². The lowest BCUT2D eigenvalue weighted by molar-refractivity contribution is -0.274. The summed E-state index contributed by atoms with van der Waals surface area (Å²) in [7, 11) is 3.24. The molecule has 0 aliphatic rings. The van der Waals surface area contributed by atoms with Crippen LogP contribution in [0.15, 0.2) is 39.1 Å². The average molecular weight is 539 g/mol. The van der Waals surface area contributed by atoms with E-state index in [2.05, 4.69) is 66.5 Å². The fraction of sp³-hybridized carbons (Fsp3) is 0.368. The van der Waals surface area contributed by atoms with E-state index in [1.807, 2.05) is 11.9 Å². The van der Waals surface area contributed by atoms with Crippen molar-refractivity contribution in [3.63, 3.8) is 0 Å². The van der Waals surface area contributed by atoms with Gasteiger partial charge in [-0.3, -0.25) is 0 Å². The molecule has 2 aromatic rings. The first kappa shape index (κ1) is 23.5. The molecule has 0 bridgehead atoms. The Balaban J connectivity index is 2.46. The van der Waals surface area contributed by atoms with Crippen molar-refractivity contribution in [3.8, 4) is 22.8 Å². The van der Waals surface area contributed by atoms with Gasteiger partial charge in [0.2, 0.25) is 0 Å². The zero-order chi connectivity index (χ0) is 21.8. The summed E-state index contributed by atoms with van der Waals surface area (Å²) in [5, 5.41) is 0. The van der Waals surface area contributed by atoms with Gasteiger partial charge in [0, 0.05) is 25.2 Å². The summed E-state index contributed by atoms with van der Waals surface area (Å²) < 4.78 is 47.7. The number of aromatic nitrogens is 2. The largest absolute Gasteiger partial charge is 0.573 e. The van der Waals surface area contributed by atoms with Gasteiger partial charge in [-0.2, -0.15) is 0 Å². The number of hydrogen-bond acceptors (Lipinski definition) is 5. The molecule has 10 heteroatoms. The van der Waals surface area contributed by atoms with Crippen molar-refractivity contribution >= 4 is 37.7 Å². The first-order valence-electron chi connectivity index (χ1n) is 8.59. The second kappa shape index (κ2) is 9.80. The minimum absolute atomic E-state index is 0.180. The average Bonchev–Trinajstić information content (AvgIpc) is 2.64. The van der Waals surface area contributed by atoms with Crippen molar-refractivity contribution in [1.29, 1.82) is 0 Å². The van der Waals surface area contributed by atoms with Crippen molar-refractivity contribution in [2.75, 3.05) is 25.6 Å². The van der Waals surface area contributed by atoms with Crippen molar-refractivity contribution < 1.29 is 22.6 Å². The molecule has 0 N–H and O–H groups in total. The van der Waals surface area contributed by atoms with E-state index in [9.17, 15) is 13.2 Å². The summed E-state index contributed by atoms with van der Waals surface area (Å²) >= 11 is 6.79. The molecule has 0 amide bonds. The van der Waals surface area contributed by atoms with Gasteiger partial charge in [0.15, 0.2) is 5.82 Å². The number of rotatable bonds is 7. The Morgan fingerprint density at radius 2 is 1.90 bits per heavy atom. The number of nitrogens with zero attached hydrogens (tertiary/aromatic N) is 3. The Labute approximate surface area is 184 Å². The molecule has 0 radical (unpaired) electrons. The molecule has 29 heavy (non-hydrogen) atoms. The zero-order valence-electron chi connectivity index (χ0n) is 16.3. The second-order valence-electron chi connectivity index (χ2n) is 6.17. The maximum Gasteiger partial charge on any atom is 0.573 e. The van der Waals surface area contributed by atoms with Crippen LogP contribution in [-0.2, 0) is 0 Å². The number of halogens is 5. The van der Waals surface area contributed by atoms with E-state index in [0.717, 1.165) is 12.5 Å². The highest BCUT2D eigenvalue weighted by Gasteiger charge is 2.31. The highest BCUT2D eigenvalue weighted by molar-refractivity contribution is 9.11. The Bertz CT molecular complexity index is 905. The molecule has 1 aromatic heterocycles. The van der Waals surface area contributed by atoms with Gasteiger partial charge in [0.05, 0.1) is 7.11 Å². The van der Waals surface area contributed by atoms with Gasteiger partial charge < -0.3 is 14.4 Å². The smallest absolute Gasteiger partial charge is 0.496 e. The summed E-state index contributed by atoms with van der Waals surface area (Å²) in [6.45, 7) is 4.76. The van der Waals surface area contributed by atoms with Crippen molar-refractivity contribution in [2.45, 2.75) is 26.6 Å². The third-order valence-corrected chi connectivity index (χ3v) is 5.17. The van der Waals surface area contributed by atoms with Crippen LogP contribution in [0.5, 0.6) is 11.5 Å². The fourth-order valence-corrected chi connectivity index (χ4v) is 3.68. The normalized spacial score (nSPS) is 12.1. The topological polar surface area (TPSA) is 47.5 Å². The van der Waals surface area contributed by atoms with Crippen LogP contribution in [0.4, 0.5) is 19.0 Å². The quantitative estimate of drug-likeness (QED) is 0.383. The standard InChI is InChI=1S/C19H20Br2F3N3O2/c1-5-11(2)8-9-27(3)18-17(21)26-16(20)15(25-18)13-7-6-12(10-14(13)28-4)29-19(22,23)24/h6-8,10H,5,9H2,1-4H3/b11-8-. The second-order valence-corrected chi connectivity index (χ2v) is 7.67. The van der Waals surface area contributed by atoms with Gasteiger partial charge in [-0.05, 0) is 57.3 Å². The third-order valence-electron chi connectivity index (χ3n) is 4.09. The molecular weight excluding hydrogens is 519 g/mol. The van der Waals surface area contributed by atoms with Crippen molar-refractivity contribution in [1.82, 2.24) is 9.97 Å². The number of allylic oxidation sites excluding steroid dienone is 1. The summed E-state index contributed by atoms with van der Waals surface area (Å²) in [6.07, 6.45) is -1.74. The molecule has 0 spiro atoms. The molecule has 0 unspecified atom stereocenters. The summed E-state index contributed by atoms with van der Waals surface area (Å²) in [6, 6.07) is 3.82. The van der Waals surface area contributed by atoms with Crippen LogP contribution in [0.2, 0.25) is 0 Å². The molecule has 158 valence electrons. The predicted octanol–water partition coefficient (Wildman–Crippen LogP) is 6.37. The minimum atomic E-state index is -4.79. The fourth-order valence-electron chi connectivity index (χ4n) is 2.39. The van der Waals surface area contributed by atoms with Crippen LogP contribution >= 0.6 is 31.9 Å². The molecule has 0 atom stereocenters. The van der Waals surface area contributed by atoms with Crippen LogP contribution in [0.3, 0.4) is 0 Å². The van der Waals surface area contributed by atoms with Crippen LogP contribution in [0, 0.1) is 0 Å². The van der Waals surface area contributed by atoms with Gasteiger partial charge in [-0.1, -0.05) is 18.6 Å². The molecule has 2 rings (SSSR count). The zero-order valence-corrected chi connectivity index (χ0v) is 19.4.